The highest BCUT2D eigenvalue weighted by Crippen LogP contribution is 2.25. The molecular weight excluding hydrogens is 280 g/mol. The van der Waals surface area contributed by atoms with Crippen LogP contribution in [0.25, 0.3) is 11.4 Å². The zero-order chi connectivity index (χ0) is 15.1. The Kier molecular flexibility index (Phi) is 3.57. The summed E-state index contributed by atoms with van der Waals surface area (Å²) in [5, 5.41) is 20.6. The van der Waals surface area contributed by atoms with Crippen molar-refractivity contribution in [2.24, 2.45) is 5.14 Å². The van der Waals surface area contributed by atoms with Crippen LogP contribution in [0.1, 0.15) is 31.3 Å². The van der Waals surface area contributed by atoms with Crippen LogP contribution in [-0.4, -0.2) is 33.4 Å². The van der Waals surface area contributed by atoms with Crippen molar-refractivity contribution in [2.75, 3.05) is 0 Å². The quantitative estimate of drug-likeness (QED) is 0.885. The summed E-state index contributed by atoms with van der Waals surface area (Å²) in [6.45, 7) is 7.24. The lowest BCUT2D eigenvalue weighted by molar-refractivity contribution is 0.524. The average molecular weight is 296 g/mol. The van der Waals surface area contributed by atoms with E-state index in [0.717, 1.165) is 0 Å². The smallest absolute Gasteiger partial charge is 0.273 e. The maximum Gasteiger partial charge on any atom is 0.273 e. The molecule has 2 N–H and O–H groups in total. The number of sulfonamides is 1. The Balaban J connectivity index is 2.76. The highest BCUT2D eigenvalue weighted by molar-refractivity contribution is 7.89. The van der Waals surface area contributed by atoms with Crippen LogP contribution in [-0.2, 0) is 10.0 Å². The van der Waals surface area contributed by atoms with Crippen molar-refractivity contribution in [3.05, 3.63) is 17.5 Å². The molecule has 0 radical (unpaired) electrons. The number of rotatable bonds is 3. The van der Waals surface area contributed by atoms with E-state index < -0.39 is 10.0 Å². The number of primary sulfonamides is 1. The van der Waals surface area contributed by atoms with Crippen LogP contribution in [0.5, 0.6) is 0 Å². The normalized spacial score (nSPS) is 12.1. The second kappa shape index (κ2) is 4.91. The third-order valence-electron chi connectivity index (χ3n) is 2.78. The number of aryl methyl sites for hydroxylation is 2. The van der Waals surface area contributed by atoms with Crippen molar-refractivity contribution < 1.29 is 8.42 Å². The van der Waals surface area contributed by atoms with Crippen molar-refractivity contribution >= 4 is 10.0 Å². The van der Waals surface area contributed by atoms with Crippen molar-refractivity contribution in [3.63, 3.8) is 0 Å². The molecule has 0 spiro atoms. The number of nitrogens with two attached hydrogens (primary N) is 1. The Morgan fingerprint density at radius 1 is 1.15 bits per heavy atom. The first-order valence-corrected chi connectivity index (χ1v) is 7.55. The first-order chi connectivity index (χ1) is 9.21. The molecule has 108 valence electrons. The number of aromatic nitrogens is 5. The van der Waals surface area contributed by atoms with Gasteiger partial charge in [0.25, 0.3) is 15.2 Å². The minimum atomic E-state index is -3.94. The molecule has 0 aliphatic heterocycles. The van der Waals surface area contributed by atoms with Gasteiger partial charge in [-0.15, -0.1) is 10.2 Å². The van der Waals surface area contributed by atoms with Crippen LogP contribution in [0.3, 0.4) is 0 Å². The Hall–Kier alpha value is -1.87. The van der Waals surface area contributed by atoms with Crippen molar-refractivity contribution in [1.29, 1.82) is 0 Å². The highest BCUT2D eigenvalue weighted by Gasteiger charge is 2.24. The molecule has 0 aliphatic carbocycles. The Bertz CT molecular complexity index is 750. The maximum atomic E-state index is 11.6. The van der Waals surface area contributed by atoms with E-state index in [1.165, 1.54) is 4.57 Å². The van der Waals surface area contributed by atoms with Crippen molar-refractivity contribution in [2.45, 2.75) is 38.9 Å². The summed E-state index contributed by atoms with van der Waals surface area (Å²) in [4.78, 5) is 0. The lowest BCUT2D eigenvalue weighted by Crippen LogP contribution is -2.20. The third-order valence-corrected chi connectivity index (χ3v) is 3.56. The van der Waals surface area contributed by atoms with Gasteiger partial charge in [-0.25, -0.2) is 13.6 Å². The molecule has 0 fully saturated rings. The summed E-state index contributed by atoms with van der Waals surface area (Å²) in [6.07, 6.45) is 0. The Labute approximate surface area is 117 Å². The van der Waals surface area contributed by atoms with Gasteiger partial charge < -0.3 is 0 Å². The molecule has 0 aliphatic rings. The van der Waals surface area contributed by atoms with E-state index in [4.69, 9.17) is 5.14 Å². The largest absolute Gasteiger partial charge is 0.294 e. The lowest BCUT2D eigenvalue weighted by atomic mass is 10.2. The Morgan fingerprint density at radius 3 is 2.35 bits per heavy atom. The summed E-state index contributed by atoms with van der Waals surface area (Å²) in [5.41, 5.74) is 2.04. The van der Waals surface area contributed by atoms with E-state index in [1.54, 1.807) is 19.9 Å². The Morgan fingerprint density at radius 2 is 1.80 bits per heavy atom. The zero-order valence-electron chi connectivity index (χ0n) is 11.7. The monoisotopic (exact) mass is 296 g/mol. The van der Waals surface area contributed by atoms with Crippen LogP contribution in [0.15, 0.2) is 11.2 Å². The van der Waals surface area contributed by atoms with E-state index >= 15 is 0 Å². The molecule has 9 heteroatoms. The molecule has 0 amide bonds. The van der Waals surface area contributed by atoms with E-state index in [2.05, 4.69) is 20.4 Å². The average Bonchev–Trinajstić information content (AvgIpc) is 2.76. The minimum absolute atomic E-state index is 0.166. The van der Waals surface area contributed by atoms with Gasteiger partial charge in [0.05, 0.1) is 11.4 Å². The van der Waals surface area contributed by atoms with Crippen LogP contribution < -0.4 is 5.14 Å². The fourth-order valence-electron chi connectivity index (χ4n) is 1.90. The second-order valence-electron chi connectivity index (χ2n) is 4.80. The molecule has 0 atom stereocenters. The van der Waals surface area contributed by atoms with Gasteiger partial charge in [-0.2, -0.15) is 10.2 Å². The standard InChI is InChI=1S/C11H16N6O2S/c1-6(2)17-10(15-16-11(17)20(12,18)19)9-5-7(3)13-14-8(9)4/h5-6H,1-4H3,(H2,12,18,19). The summed E-state index contributed by atoms with van der Waals surface area (Å²) < 4.78 is 24.6. The molecule has 2 aromatic rings. The summed E-state index contributed by atoms with van der Waals surface area (Å²) in [5.74, 6) is 0.416. The first-order valence-electron chi connectivity index (χ1n) is 6.01. The molecule has 2 heterocycles. The van der Waals surface area contributed by atoms with Crippen LogP contribution in [0, 0.1) is 13.8 Å². The highest BCUT2D eigenvalue weighted by atomic mass is 32.2. The molecule has 20 heavy (non-hydrogen) atoms. The van der Waals surface area contributed by atoms with E-state index in [1.807, 2.05) is 13.8 Å². The van der Waals surface area contributed by atoms with Gasteiger partial charge in [0, 0.05) is 11.6 Å². The van der Waals surface area contributed by atoms with Gasteiger partial charge in [-0.3, -0.25) is 4.57 Å². The van der Waals surface area contributed by atoms with E-state index in [9.17, 15) is 8.42 Å². The fraction of sp³-hybridized carbons (Fsp3) is 0.455. The van der Waals surface area contributed by atoms with Gasteiger partial charge in [-0.05, 0) is 33.8 Å². The zero-order valence-corrected chi connectivity index (χ0v) is 12.5. The topological polar surface area (TPSA) is 117 Å². The van der Waals surface area contributed by atoms with Crippen LogP contribution in [0.4, 0.5) is 0 Å². The van der Waals surface area contributed by atoms with Gasteiger partial charge in [-0.1, -0.05) is 0 Å². The predicted molar refractivity (Wildman–Crippen MR) is 72.3 cm³/mol. The molecular formula is C11H16N6O2S. The summed E-state index contributed by atoms with van der Waals surface area (Å²) >= 11 is 0. The molecule has 0 aromatic carbocycles. The SMILES string of the molecule is Cc1cc(-c2nnc(S(N)(=O)=O)n2C(C)C)c(C)nn1. The second-order valence-corrected chi connectivity index (χ2v) is 6.25. The number of nitrogens with zero attached hydrogens (tertiary/aromatic N) is 5. The molecule has 0 saturated carbocycles. The summed E-state index contributed by atoms with van der Waals surface area (Å²) in [6, 6.07) is 1.62. The summed E-state index contributed by atoms with van der Waals surface area (Å²) in [7, 11) is -3.94. The van der Waals surface area contributed by atoms with Gasteiger partial charge >= 0.3 is 0 Å². The molecule has 8 nitrogen and oxygen atoms in total. The molecule has 2 aromatic heterocycles. The third kappa shape index (κ3) is 2.54. The molecule has 0 saturated heterocycles. The van der Waals surface area contributed by atoms with Crippen LogP contribution in [0.2, 0.25) is 0 Å². The number of hydrogen-bond donors (Lipinski definition) is 1. The van der Waals surface area contributed by atoms with E-state index in [-0.39, 0.29) is 11.2 Å². The number of hydrogen-bond acceptors (Lipinski definition) is 6. The predicted octanol–water partition coefficient (Wildman–Crippen LogP) is 0.580. The first kappa shape index (κ1) is 14.5. The van der Waals surface area contributed by atoms with Gasteiger partial charge in [0.15, 0.2) is 5.82 Å². The minimum Gasteiger partial charge on any atom is -0.294 e. The maximum absolute atomic E-state index is 11.6. The van der Waals surface area contributed by atoms with E-state index in [0.29, 0.717) is 22.8 Å². The van der Waals surface area contributed by atoms with Crippen molar-refractivity contribution in [1.82, 2.24) is 25.0 Å². The lowest BCUT2D eigenvalue weighted by Gasteiger charge is -2.13. The van der Waals surface area contributed by atoms with Crippen molar-refractivity contribution in [3.8, 4) is 11.4 Å². The molecule has 2 rings (SSSR count). The van der Waals surface area contributed by atoms with Crippen LogP contribution >= 0.6 is 0 Å². The molecule has 0 unspecified atom stereocenters. The van der Waals surface area contributed by atoms with Gasteiger partial charge in [0.1, 0.15) is 0 Å². The van der Waals surface area contributed by atoms with Gasteiger partial charge in [0.2, 0.25) is 0 Å². The fourth-order valence-corrected chi connectivity index (χ4v) is 2.62. The molecule has 0 bridgehead atoms.